The van der Waals surface area contributed by atoms with E-state index >= 15 is 0 Å². The zero-order chi connectivity index (χ0) is 13.2. The smallest absolute Gasteiger partial charge is 0.0992 e. The van der Waals surface area contributed by atoms with Gasteiger partial charge in [-0.3, -0.25) is 0 Å². The van der Waals surface area contributed by atoms with Gasteiger partial charge in [0.25, 0.3) is 0 Å². The average molecular weight is 248 g/mol. The summed E-state index contributed by atoms with van der Waals surface area (Å²) in [5.41, 5.74) is 5.86. The molecule has 0 saturated heterocycles. The van der Waals surface area contributed by atoms with Gasteiger partial charge in [-0.2, -0.15) is 5.26 Å². The molecule has 0 bridgehead atoms. The maximum absolute atomic E-state index is 8.98. The number of fused-ring (bicyclic) bond motifs is 1. The van der Waals surface area contributed by atoms with Crippen molar-refractivity contribution in [2.24, 2.45) is 0 Å². The number of rotatable bonds is 2. The third kappa shape index (κ3) is 2.32. The van der Waals surface area contributed by atoms with Crippen molar-refractivity contribution in [1.82, 2.24) is 0 Å². The van der Waals surface area contributed by atoms with Crippen LogP contribution >= 0.6 is 0 Å². The molecule has 0 aromatic heterocycles. The summed E-state index contributed by atoms with van der Waals surface area (Å²) in [6.07, 6.45) is 2.12. The molecule has 2 aromatic carbocycles. The zero-order valence-corrected chi connectivity index (χ0v) is 11.0. The summed E-state index contributed by atoms with van der Waals surface area (Å²) >= 11 is 0. The van der Waals surface area contributed by atoms with Gasteiger partial charge in [-0.25, -0.2) is 0 Å². The number of hydrogen-bond donors (Lipinski definition) is 1. The number of hydrogen-bond acceptors (Lipinski definition) is 2. The van der Waals surface area contributed by atoms with Gasteiger partial charge < -0.3 is 5.32 Å². The lowest BCUT2D eigenvalue weighted by molar-refractivity contribution is 0.773. The minimum absolute atomic E-state index is 0.435. The van der Waals surface area contributed by atoms with Gasteiger partial charge in [0.2, 0.25) is 0 Å². The average Bonchev–Trinajstić information content (AvgIpc) is 2.83. The molecule has 0 heterocycles. The maximum Gasteiger partial charge on any atom is 0.0992 e. The molecule has 0 atom stereocenters. The van der Waals surface area contributed by atoms with Gasteiger partial charge in [0, 0.05) is 11.7 Å². The summed E-state index contributed by atoms with van der Waals surface area (Å²) in [4.78, 5) is 0. The molecular formula is C17H16N2. The Balaban J connectivity index is 1.79. The minimum Gasteiger partial charge on any atom is -0.381 e. The Morgan fingerprint density at radius 1 is 1.11 bits per heavy atom. The Bertz CT molecular complexity index is 628. The van der Waals surface area contributed by atoms with Crippen molar-refractivity contribution in [2.75, 3.05) is 5.32 Å². The first-order chi connectivity index (χ1) is 9.26. The Morgan fingerprint density at radius 3 is 2.42 bits per heavy atom. The van der Waals surface area contributed by atoms with Crippen LogP contribution in [0.5, 0.6) is 0 Å². The molecule has 3 rings (SSSR count). The Labute approximate surface area is 113 Å². The molecule has 94 valence electrons. The van der Waals surface area contributed by atoms with E-state index in [4.69, 9.17) is 5.26 Å². The van der Waals surface area contributed by atoms with Crippen LogP contribution in [0.2, 0.25) is 0 Å². The van der Waals surface area contributed by atoms with Crippen molar-refractivity contribution >= 4 is 5.69 Å². The number of aryl methyl sites for hydroxylation is 1. The summed E-state index contributed by atoms with van der Waals surface area (Å²) in [5, 5.41) is 12.6. The molecule has 0 fully saturated rings. The summed E-state index contributed by atoms with van der Waals surface area (Å²) < 4.78 is 0. The largest absolute Gasteiger partial charge is 0.381 e. The van der Waals surface area contributed by atoms with Crippen molar-refractivity contribution < 1.29 is 0 Å². The van der Waals surface area contributed by atoms with Crippen LogP contribution in [0.3, 0.4) is 0 Å². The standard InChI is InChI=1S/C17H16N2/c1-12-6-7-13(11-18)8-17(12)19-16-9-14-4-2-3-5-15(14)10-16/h2-8,16,19H,9-10H2,1H3. The molecule has 0 saturated carbocycles. The van der Waals surface area contributed by atoms with Crippen LogP contribution in [-0.2, 0) is 12.8 Å². The number of nitrogens with zero attached hydrogens (tertiary/aromatic N) is 1. The number of nitrogens with one attached hydrogen (secondary N) is 1. The van der Waals surface area contributed by atoms with Gasteiger partial charge >= 0.3 is 0 Å². The van der Waals surface area contributed by atoms with E-state index in [1.807, 2.05) is 18.2 Å². The lowest BCUT2D eigenvalue weighted by Gasteiger charge is -2.16. The van der Waals surface area contributed by atoms with Crippen LogP contribution in [0.15, 0.2) is 42.5 Å². The lowest BCUT2D eigenvalue weighted by Crippen LogP contribution is -2.20. The first-order valence-corrected chi connectivity index (χ1v) is 6.60. The molecule has 0 unspecified atom stereocenters. The van der Waals surface area contributed by atoms with Gasteiger partial charge in [0.15, 0.2) is 0 Å². The topological polar surface area (TPSA) is 35.8 Å². The van der Waals surface area contributed by atoms with E-state index in [2.05, 4.69) is 42.6 Å². The third-order valence-electron chi connectivity index (χ3n) is 3.78. The lowest BCUT2D eigenvalue weighted by atomic mass is 10.1. The second-order valence-corrected chi connectivity index (χ2v) is 5.16. The molecule has 2 nitrogen and oxygen atoms in total. The molecule has 2 aromatic rings. The van der Waals surface area contributed by atoms with Crippen molar-refractivity contribution in [3.63, 3.8) is 0 Å². The van der Waals surface area contributed by atoms with E-state index in [-0.39, 0.29) is 0 Å². The molecular weight excluding hydrogens is 232 g/mol. The third-order valence-corrected chi connectivity index (χ3v) is 3.78. The molecule has 19 heavy (non-hydrogen) atoms. The number of anilines is 1. The monoisotopic (exact) mass is 248 g/mol. The van der Waals surface area contributed by atoms with Crippen LogP contribution in [0.25, 0.3) is 0 Å². The zero-order valence-electron chi connectivity index (χ0n) is 11.0. The fourth-order valence-electron chi connectivity index (χ4n) is 2.73. The summed E-state index contributed by atoms with van der Waals surface area (Å²) in [7, 11) is 0. The van der Waals surface area contributed by atoms with Gasteiger partial charge in [-0.15, -0.1) is 0 Å². The van der Waals surface area contributed by atoms with Gasteiger partial charge in [0.1, 0.15) is 0 Å². The van der Waals surface area contributed by atoms with Gasteiger partial charge in [0.05, 0.1) is 11.6 Å². The predicted octanol–water partition coefficient (Wildman–Crippen LogP) is 3.45. The van der Waals surface area contributed by atoms with E-state index in [9.17, 15) is 0 Å². The quantitative estimate of drug-likeness (QED) is 0.883. The normalized spacial score (nSPS) is 13.9. The first-order valence-electron chi connectivity index (χ1n) is 6.60. The first kappa shape index (κ1) is 11.8. The fourth-order valence-corrected chi connectivity index (χ4v) is 2.73. The predicted molar refractivity (Wildman–Crippen MR) is 77.2 cm³/mol. The maximum atomic E-state index is 8.98. The van der Waals surface area contributed by atoms with Crippen molar-refractivity contribution in [1.29, 1.82) is 5.26 Å². The molecule has 0 radical (unpaired) electrons. The van der Waals surface area contributed by atoms with Gasteiger partial charge in [-0.1, -0.05) is 30.3 Å². The van der Waals surface area contributed by atoms with E-state index in [0.29, 0.717) is 11.6 Å². The van der Waals surface area contributed by atoms with Crippen LogP contribution in [0.4, 0.5) is 5.69 Å². The van der Waals surface area contributed by atoms with Crippen molar-refractivity contribution in [3.8, 4) is 6.07 Å². The van der Waals surface area contributed by atoms with E-state index in [1.165, 1.54) is 16.7 Å². The van der Waals surface area contributed by atoms with Crippen LogP contribution in [0.1, 0.15) is 22.3 Å². The highest BCUT2D eigenvalue weighted by molar-refractivity contribution is 5.56. The number of nitriles is 1. The highest BCUT2D eigenvalue weighted by Gasteiger charge is 2.20. The summed E-state index contributed by atoms with van der Waals surface area (Å²) in [5.74, 6) is 0. The van der Waals surface area contributed by atoms with E-state index in [0.717, 1.165) is 18.5 Å². The molecule has 0 amide bonds. The van der Waals surface area contributed by atoms with Crippen LogP contribution in [0, 0.1) is 18.3 Å². The Morgan fingerprint density at radius 2 is 1.79 bits per heavy atom. The molecule has 0 aliphatic heterocycles. The van der Waals surface area contributed by atoms with Crippen molar-refractivity contribution in [2.45, 2.75) is 25.8 Å². The summed E-state index contributed by atoms with van der Waals surface area (Å²) in [6, 6.07) is 17.1. The van der Waals surface area contributed by atoms with Crippen LogP contribution < -0.4 is 5.32 Å². The van der Waals surface area contributed by atoms with E-state index in [1.54, 1.807) is 0 Å². The Kier molecular flexibility index (Phi) is 2.97. The SMILES string of the molecule is Cc1ccc(C#N)cc1NC1Cc2ccccc2C1. The second-order valence-electron chi connectivity index (χ2n) is 5.16. The fraction of sp³-hybridized carbons (Fsp3) is 0.235. The molecule has 1 aliphatic carbocycles. The molecule has 1 aliphatic rings. The number of benzene rings is 2. The highest BCUT2D eigenvalue weighted by Crippen LogP contribution is 2.26. The second kappa shape index (κ2) is 4.78. The van der Waals surface area contributed by atoms with Gasteiger partial charge in [-0.05, 0) is 48.6 Å². The van der Waals surface area contributed by atoms with Crippen molar-refractivity contribution in [3.05, 3.63) is 64.7 Å². The Hall–Kier alpha value is -2.27. The molecule has 2 heteroatoms. The van der Waals surface area contributed by atoms with E-state index < -0.39 is 0 Å². The van der Waals surface area contributed by atoms with Crippen LogP contribution in [-0.4, -0.2) is 6.04 Å². The highest BCUT2D eigenvalue weighted by atomic mass is 14.9. The summed E-state index contributed by atoms with van der Waals surface area (Å²) in [6.45, 7) is 2.07. The molecule has 1 N–H and O–H groups in total. The minimum atomic E-state index is 0.435. The molecule has 0 spiro atoms.